The highest BCUT2D eigenvalue weighted by Crippen LogP contribution is 2.20. The van der Waals surface area contributed by atoms with Gasteiger partial charge in [-0.05, 0) is 12.1 Å². The second-order valence-electron chi connectivity index (χ2n) is 4.10. The molecule has 7 heteroatoms. The molecule has 2 N–H and O–H groups in total. The van der Waals surface area contributed by atoms with E-state index in [2.05, 4.69) is 20.4 Å². The summed E-state index contributed by atoms with van der Waals surface area (Å²) < 4.78 is 10.2. The Morgan fingerprint density at radius 1 is 1.40 bits per heavy atom. The highest BCUT2D eigenvalue weighted by molar-refractivity contribution is 5.92. The molecule has 0 fully saturated rings. The molecule has 3 aromatic heterocycles. The maximum absolute atomic E-state index is 11.9. The summed E-state index contributed by atoms with van der Waals surface area (Å²) in [5.74, 6) is 1.48. The molecule has 0 unspecified atom stereocenters. The zero-order chi connectivity index (χ0) is 13.8. The molecule has 0 atom stereocenters. The lowest BCUT2D eigenvalue weighted by molar-refractivity contribution is 0.0945. The Morgan fingerprint density at radius 2 is 2.35 bits per heavy atom. The smallest absolute Gasteiger partial charge is 0.273 e. The minimum absolute atomic E-state index is 0.218. The minimum Gasteiger partial charge on any atom is -0.461 e. The first-order valence-corrected chi connectivity index (χ1v) is 6.10. The Balaban J connectivity index is 1.57. The number of imidazole rings is 1. The van der Waals surface area contributed by atoms with Crippen molar-refractivity contribution < 1.29 is 13.7 Å². The molecule has 3 heterocycles. The third-order valence-corrected chi connectivity index (χ3v) is 2.71. The van der Waals surface area contributed by atoms with E-state index in [9.17, 15) is 4.79 Å². The van der Waals surface area contributed by atoms with Crippen LogP contribution in [0.5, 0.6) is 0 Å². The minimum atomic E-state index is -0.293. The Bertz CT molecular complexity index is 670. The lowest BCUT2D eigenvalue weighted by Gasteiger charge is -2.00. The lowest BCUT2D eigenvalue weighted by Crippen LogP contribution is -2.26. The van der Waals surface area contributed by atoms with E-state index >= 15 is 0 Å². The quantitative estimate of drug-likeness (QED) is 0.735. The van der Waals surface area contributed by atoms with Crippen LogP contribution >= 0.6 is 0 Å². The van der Waals surface area contributed by atoms with Crippen molar-refractivity contribution in [3.8, 4) is 11.5 Å². The van der Waals surface area contributed by atoms with Gasteiger partial charge in [0.2, 0.25) is 5.76 Å². The number of nitrogens with one attached hydrogen (secondary N) is 2. The molecule has 0 aliphatic heterocycles. The topological polar surface area (TPSA) is 97.0 Å². The van der Waals surface area contributed by atoms with Gasteiger partial charge in [0.1, 0.15) is 5.82 Å². The molecule has 20 heavy (non-hydrogen) atoms. The average molecular weight is 272 g/mol. The van der Waals surface area contributed by atoms with Crippen molar-refractivity contribution >= 4 is 5.91 Å². The van der Waals surface area contributed by atoms with Crippen molar-refractivity contribution in [2.45, 2.75) is 6.42 Å². The number of carbonyl (C=O) groups is 1. The maximum Gasteiger partial charge on any atom is 0.273 e. The number of amides is 1. The molecule has 102 valence electrons. The molecule has 3 rings (SSSR count). The van der Waals surface area contributed by atoms with Gasteiger partial charge in [0.05, 0.1) is 6.26 Å². The number of carbonyl (C=O) groups excluding carboxylic acids is 1. The van der Waals surface area contributed by atoms with Gasteiger partial charge in [-0.15, -0.1) is 0 Å². The van der Waals surface area contributed by atoms with Crippen LogP contribution in [0.3, 0.4) is 0 Å². The van der Waals surface area contributed by atoms with Crippen LogP contribution in [0.2, 0.25) is 0 Å². The molecular weight excluding hydrogens is 260 g/mol. The van der Waals surface area contributed by atoms with Crippen LogP contribution in [-0.2, 0) is 6.42 Å². The molecule has 0 aliphatic rings. The van der Waals surface area contributed by atoms with Gasteiger partial charge >= 0.3 is 0 Å². The number of aromatic nitrogens is 3. The van der Waals surface area contributed by atoms with Gasteiger partial charge in [-0.3, -0.25) is 4.79 Å². The van der Waals surface area contributed by atoms with Crippen LogP contribution in [0.15, 0.2) is 45.8 Å². The normalized spacial score (nSPS) is 10.6. The van der Waals surface area contributed by atoms with Crippen molar-refractivity contribution in [1.29, 1.82) is 0 Å². The van der Waals surface area contributed by atoms with Crippen LogP contribution in [0.1, 0.15) is 16.3 Å². The van der Waals surface area contributed by atoms with Gasteiger partial charge in [0.25, 0.3) is 5.91 Å². The Morgan fingerprint density at radius 3 is 3.10 bits per heavy atom. The summed E-state index contributed by atoms with van der Waals surface area (Å²) in [5.41, 5.74) is 0.218. The molecule has 0 spiro atoms. The van der Waals surface area contributed by atoms with E-state index in [-0.39, 0.29) is 11.6 Å². The third kappa shape index (κ3) is 2.61. The summed E-state index contributed by atoms with van der Waals surface area (Å²) >= 11 is 0. The average Bonchev–Trinajstić information content (AvgIpc) is 3.20. The summed E-state index contributed by atoms with van der Waals surface area (Å²) in [6, 6.07) is 5.02. The summed E-state index contributed by atoms with van der Waals surface area (Å²) in [5, 5.41) is 6.46. The van der Waals surface area contributed by atoms with Crippen molar-refractivity contribution in [3.63, 3.8) is 0 Å². The molecule has 0 radical (unpaired) electrons. The van der Waals surface area contributed by atoms with E-state index in [1.165, 1.54) is 6.26 Å². The Kier molecular flexibility index (Phi) is 3.32. The Hall–Kier alpha value is -2.83. The number of hydrogen-bond donors (Lipinski definition) is 2. The molecule has 3 aromatic rings. The number of H-pyrrole nitrogens is 1. The standard InChI is InChI=1S/C13H12N4O3/c18-13(16-4-3-12-14-5-6-15-12)9-8-11(20-17-9)10-2-1-7-19-10/h1-2,5-8H,3-4H2,(H,14,15)(H,16,18). The van der Waals surface area contributed by atoms with Gasteiger partial charge in [0, 0.05) is 31.4 Å². The largest absolute Gasteiger partial charge is 0.461 e. The van der Waals surface area contributed by atoms with E-state index in [0.29, 0.717) is 24.5 Å². The molecule has 0 saturated carbocycles. The predicted octanol–water partition coefficient (Wildman–Crippen LogP) is 1.63. The molecule has 0 bridgehead atoms. The second-order valence-corrected chi connectivity index (χ2v) is 4.10. The number of nitrogens with zero attached hydrogens (tertiary/aromatic N) is 2. The molecule has 0 aromatic carbocycles. The predicted molar refractivity (Wildman–Crippen MR) is 68.8 cm³/mol. The number of hydrogen-bond acceptors (Lipinski definition) is 5. The fourth-order valence-corrected chi connectivity index (χ4v) is 1.74. The van der Waals surface area contributed by atoms with Crippen molar-refractivity contribution in [1.82, 2.24) is 20.4 Å². The fourth-order valence-electron chi connectivity index (χ4n) is 1.74. The van der Waals surface area contributed by atoms with E-state index in [1.54, 1.807) is 30.6 Å². The van der Waals surface area contributed by atoms with Gasteiger partial charge in [0.15, 0.2) is 11.5 Å². The molecule has 1 amide bonds. The maximum atomic E-state index is 11.9. The van der Waals surface area contributed by atoms with Crippen molar-refractivity contribution in [2.75, 3.05) is 6.54 Å². The molecule has 7 nitrogen and oxygen atoms in total. The van der Waals surface area contributed by atoms with Gasteiger partial charge < -0.3 is 19.2 Å². The fraction of sp³-hybridized carbons (Fsp3) is 0.154. The van der Waals surface area contributed by atoms with Crippen molar-refractivity contribution in [2.24, 2.45) is 0 Å². The van der Waals surface area contributed by atoms with E-state index in [4.69, 9.17) is 8.94 Å². The highest BCUT2D eigenvalue weighted by atomic mass is 16.5. The van der Waals surface area contributed by atoms with Crippen LogP contribution in [-0.4, -0.2) is 27.6 Å². The number of furan rings is 1. The zero-order valence-electron chi connectivity index (χ0n) is 10.5. The SMILES string of the molecule is O=C(NCCc1ncc[nH]1)c1cc(-c2ccco2)on1. The second kappa shape index (κ2) is 5.43. The monoisotopic (exact) mass is 272 g/mol. The van der Waals surface area contributed by atoms with Crippen LogP contribution in [0.25, 0.3) is 11.5 Å². The molecular formula is C13H12N4O3. The first-order valence-electron chi connectivity index (χ1n) is 6.10. The van der Waals surface area contributed by atoms with Gasteiger partial charge in [-0.25, -0.2) is 4.98 Å². The van der Waals surface area contributed by atoms with Crippen LogP contribution in [0.4, 0.5) is 0 Å². The van der Waals surface area contributed by atoms with Crippen molar-refractivity contribution in [3.05, 3.63) is 48.4 Å². The Labute approximate surface area is 114 Å². The molecule has 0 aliphatic carbocycles. The van der Waals surface area contributed by atoms with E-state index < -0.39 is 0 Å². The zero-order valence-corrected chi connectivity index (χ0v) is 10.5. The molecule has 0 saturated heterocycles. The number of aromatic amines is 1. The van der Waals surface area contributed by atoms with E-state index in [0.717, 1.165) is 5.82 Å². The first-order chi connectivity index (χ1) is 9.83. The van der Waals surface area contributed by atoms with E-state index in [1.807, 2.05) is 0 Å². The summed E-state index contributed by atoms with van der Waals surface area (Å²) in [4.78, 5) is 18.9. The lowest BCUT2D eigenvalue weighted by atomic mass is 10.3. The van der Waals surface area contributed by atoms with Gasteiger partial charge in [-0.1, -0.05) is 5.16 Å². The van der Waals surface area contributed by atoms with Crippen LogP contribution < -0.4 is 5.32 Å². The highest BCUT2D eigenvalue weighted by Gasteiger charge is 2.14. The third-order valence-electron chi connectivity index (χ3n) is 2.71. The first kappa shape index (κ1) is 12.2. The number of rotatable bonds is 5. The summed E-state index contributed by atoms with van der Waals surface area (Å²) in [7, 11) is 0. The van der Waals surface area contributed by atoms with Gasteiger partial charge in [-0.2, -0.15) is 0 Å². The van der Waals surface area contributed by atoms with Crippen LogP contribution in [0, 0.1) is 0 Å². The summed E-state index contributed by atoms with van der Waals surface area (Å²) in [6.45, 7) is 0.468. The summed E-state index contributed by atoms with van der Waals surface area (Å²) in [6.07, 6.45) is 5.57.